The molecule has 4 nitrogen and oxygen atoms in total. The molecule has 4 heteroatoms. The largest absolute Gasteiger partial charge is 0.396 e. The molecule has 2 N–H and O–H groups in total. The minimum Gasteiger partial charge on any atom is -0.396 e. The van der Waals surface area contributed by atoms with Crippen LogP contribution in [0.3, 0.4) is 0 Å². The van der Waals surface area contributed by atoms with Gasteiger partial charge in [0.05, 0.1) is 23.8 Å². The van der Waals surface area contributed by atoms with Crippen LogP contribution in [0, 0.1) is 6.92 Å². The van der Waals surface area contributed by atoms with Gasteiger partial charge in [-0.25, -0.2) is 4.68 Å². The van der Waals surface area contributed by atoms with Crippen molar-refractivity contribution in [2.45, 2.75) is 6.92 Å². The summed E-state index contributed by atoms with van der Waals surface area (Å²) in [6, 6.07) is 3.84. The minimum atomic E-state index is 0.662. The molecule has 0 amide bonds. The van der Waals surface area contributed by atoms with Gasteiger partial charge in [-0.05, 0) is 19.1 Å². The molecule has 0 spiro atoms. The van der Waals surface area contributed by atoms with Gasteiger partial charge in [-0.2, -0.15) is 5.10 Å². The molecule has 66 valence electrons. The molecule has 2 aromatic heterocycles. The summed E-state index contributed by atoms with van der Waals surface area (Å²) in [4.78, 5) is 4.10. The first-order valence-electron chi connectivity index (χ1n) is 3.99. The minimum absolute atomic E-state index is 0.662. The predicted molar refractivity (Wildman–Crippen MR) is 50.5 cm³/mol. The number of rotatable bonds is 1. The van der Waals surface area contributed by atoms with Crippen LogP contribution in [0.1, 0.15) is 5.69 Å². The maximum atomic E-state index is 5.56. The maximum Gasteiger partial charge on any atom is 0.0724 e. The van der Waals surface area contributed by atoms with Gasteiger partial charge in [0.15, 0.2) is 0 Å². The highest BCUT2D eigenvalue weighted by atomic mass is 15.3. The van der Waals surface area contributed by atoms with E-state index in [1.54, 1.807) is 23.3 Å². The van der Waals surface area contributed by atoms with E-state index in [0.29, 0.717) is 5.69 Å². The average Bonchev–Trinajstić information content (AvgIpc) is 2.52. The summed E-state index contributed by atoms with van der Waals surface area (Å²) in [5.41, 5.74) is 8.16. The number of aryl methyl sites for hydroxylation is 1. The zero-order valence-corrected chi connectivity index (χ0v) is 7.31. The molecular weight excluding hydrogens is 164 g/mol. The Balaban J connectivity index is 2.46. The Morgan fingerprint density at radius 2 is 2.31 bits per heavy atom. The van der Waals surface area contributed by atoms with E-state index in [0.717, 1.165) is 11.4 Å². The summed E-state index contributed by atoms with van der Waals surface area (Å²) in [6.07, 6.45) is 5.15. The van der Waals surface area contributed by atoms with Crippen molar-refractivity contribution in [3.63, 3.8) is 0 Å². The number of nitrogen functional groups attached to an aromatic ring is 1. The van der Waals surface area contributed by atoms with Crippen LogP contribution in [0.15, 0.2) is 30.7 Å². The molecular formula is C9H10N4. The molecule has 0 aliphatic heterocycles. The van der Waals surface area contributed by atoms with Crippen molar-refractivity contribution in [3.8, 4) is 5.69 Å². The lowest BCUT2D eigenvalue weighted by Gasteiger charge is -2.00. The Hall–Kier alpha value is -1.84. The van der Waals surface area contributed by atoms with E-state index in [4.69, 9.17) is 5.73 Å². The van der Waals surface area contributed by atoms with Crippen molar-refractivity contribution in [1.82, 2.24) is 14.8 Å². The molecule has 0 saturated heterocycles. The molecule has 0 aromatic carbocycles. The fourth-order valence-electron chi connectivity index (χ4n) is 1.15. The van der Waals surface area contributed by atoms with Crippen LogP contribution in [0.25, 0.3) is 5.69 Å². The molecule has 2 rings (SSSR count). The third kappa shape index (κ3) is 1.51. The summed E-state index contributed by atoms with van der Waals surface area (Å²) in [5.74, 6) is 0. The second-order valence-electron chi connectivity index (χ2n) is 2.87. The van der Waals surface area contributed by atoms with Gasteiger partial charge < -0.3 is 5.73 Å². The van der Waals surface area contributed by atoms with Gasteiger partial charge in [0, 0.05) is 11.9 Å². The smallest absolute Gasteiger partial charge is 0.0724 e. The van der Waals surface area contributed by atoms with E-state index < -0.39 is 0 Å². The first-order valence-corrected chi connectivity index (χ1v) is 3.99. The molecule has 0 unspecified atom stereocenters. The Morgan fingerprint density at radius 3 is 2.92 bits per heavy atom. The number of nitrogens with two attached hydrogens (primary N) is 1. The fourth-order valence-corrected chi connectivity index (χ4v) is 1.15. The standard InChI is InChI=1S/C9H10N4/c1-7-4-9(2-3-11-7)13-6-8(10)5-12-13/h2-6H,10H2,1H3. The van der Waals surface area contributed by atoms with E-state index in [-0.39, 0.29) is 0 Å². The van der Waals surface area contributed by atoms with Gasteiger partial charge >= 0.3 is 0 Å². The summed E-state index contributed by atoms with van der Waals surface area (Å²) in [7, 11) is 0. The third-order valence-electron chi connectivity index (χ3n) is 1.75. The first kappa shape index (κ1) is 7.79. The van der Waals surface area contributed by atoms with E-state index in [1.165, 1.54) is 0 Å². The highest BCUT2D eigenvalue weighted by molar-refractivity contribution is 5.37. The molecule has 13 heavy (non-hydrogen) atoms. The first-order chi connectivity index (χ1) is 6.25. The highest BCUT2D eigenvalue weighted by Crippen LogP contribution is 2.08. The number of anilines is 1. The lowest BCUT2D eigenvalue weighted by atomic mass is 10.3. The Morgan fingerprint density at radius 1 is 1.46 bits per heavy atom. The quantitative estimate of drug-likeness (QED) is 0.705. The summed E-state index contributed by atoms with van der Waals surface area (Å²) < 4.78 is 1.73. The lowest BCUT2D eigenvalue weighted by Crippen LogP contribution is -1.95. The number of pyridine rings is 1. The van der Waals surface area contributed by atoms with Gasteiger partial charge in [0.25, 0.3) is 0 Å². The van der Waals surface area contributed by atoms with Crippen LogP contribution >= 0.6 is 0 Å². The second-order valence-corrected chi connectivity index (χ2v) is 2.87. The normalized spacial score (nSPS) is 10.2. The van der Waals surface area contributed by atoms with Crippen LogP contribution in [0.4, 0.5) is 5.69 Å². The number of hydrogen-bond acceptors (Lipinski definition) is 3. The molecule has 0 bridgehead atoms. The zero-order chi connectivity index (χ0) is 9.26. The molecule has 0 aliphatic rings. The zero-order valence-electron chi connectivity index (χ0n) is 7.31. The SMILES string of the molecule is Cc1cc(-n2cc(N)cn2)ccn1. The summed E-state index contributed by atoms with van der Waals surface area (Å²) in [5, 5.41) is 4.09. The maximum absolute atomic E-state index is 5.56. The predicted octanol–water partition coefficient (Wildman–Crippen LogP) is 1.16. The van der Waals surface area contributed by atoms with Crippen molar-refractivity contribution in [3.05, 3.63) is 36.4 Å². The van der Waals surface area contributed by atoms with Crippen LogP contribution in [0.5, 0.6) is 0 Å². The second kappa shape index (κ2) is 2.90. The molecule has 2 aromatic rings. The summed E-state index contributed by atoms with van der Waals surface area (Å²) in [6.45, 7) is 1.94. The Bertz CT molecular complexity index is 419. The van der Waals surface area contributed by atoms with E-state index in [9.17, 15) is 0 Å². The van der Waals surface area contributed by atoms with E-state index in [2.05, 4.69) is 10.1 Å². The molecule has 0 fully saturated rings. The van der Waals surface area contributed by atoms with E-state index in [1.807, 2.05) is 19.1 Å². The van der Waals surface area contributed by atoms with Crippen molar-refractivity contribution in [1.29, 1.82) is 0 Å². The van der Waals surface area contributed by atoms with Crippen molar-refractivity contribution in [2.75, 3.05) is 5.73 Å². The van der Waals surface area contributed by atoms with Crippen LogP contribution < -0.4 is 5.73 Å². The molecule has 0 radical (unpaired) electrons. The number of aromatic nitrogens is 3. The average molecular weight is 174 g/mol. The molecule has 2 heterocycles. The number of hydrogen-bond donors (Lipinski definition) is 1. The summed E-state index contributed by atoms with van der Waals surface area (Å²) >= 11 is 0. The lowest BCUT2D eigenvalue weighted by molar-refractivity contribution is 0.875. The molecule has 0 atom stereocenters. The monoisotopic (exact) mass is 174 g/mol. The third-order valence-corrected chi connectivity index (χ3v) is 1.75. The van der Waals surface area contributed by atoms with Gasteiger partial charge in [0.2, 0.25) is 0 Å². The fraction of sp³-hybridized carbons (Fsp3) is 0.111. The van der Waals surface area contributed by atoms with E-state index >= 15 is 0 Å². The number of nitrogens with zero attached hydrogens (tertiary/aromatic N) is 3. The molecule has 0 saturated carbocycles. The Labute approximate surface area is 76.0 Å². The van der Waals surface area contributed by atoms with Gasteiger partial charge in [-0.1, -0.05) is 0 Å². The van der Waals surface area contributed by atoms with Crippen molar-refractivity contribution in [2.24, 2.45) is 0 Å². The topological polar surface area (TPSA) is 56.7 Å². The van der Waals surface area contributed by atoms with Crippen LogP contribution in [0.2, 0.25) is 0 Å². The van der Waals surface area contributed by atoms with Crippen molar-refractivity contribution < 1.29 is 0 Å². The van der Waals surface area contributed by atoms with Crippen LogP contribution in [-0.4, -0.2) is 14.8 Å². The van der Waals surface area contributed by atoms with Gasteiger partial charge in [-0.15, -0.1) is 0 Å². The van der Waals surface area contributed by atoms with Crippen LogP contribution in [-0.2, 0) is 0 Å². The van der Waals surface area contributed by atoms with Crippen molar-refractivity contribution >= 4 is 5.69 Å². The molecule has 0 aliphatic carbocycles. The Kier molecular flexibility index (Phi) is 1.73. The van der Waals surface area contributed by atoms with Gasteiger partial charge in [0.1, 0.15) is 0 Å². The van der Waals surface area contributed by atoms with Gasteiger partial charge in [-0.3, -0.25) is 4.98 Å². The highest BCUT2D eigenvalue weighted by Gasteiger charge is 1.97.